The maximum Gasteiger partial charge on any atom is 0.308 e. The van der Waals surface area contributed by atoms with Crippen molar-refractivity contribution in [3.63, 3.8) is 0 Å². The molecule has 0 aromatic heterocycles. The summed E-state index contributed by atoms with van der Waals surface area (Å²) in [6.45, 7) is 18.7. The normalized spacial score (nSPS) is 20.2. The Hall–Kier alpha value is -2.13. The Balaban J connectivity index is 0.00000108. The number of ether oxygens (including phenoxy) is 2. The molecule has 2 atom stereocenters. The van der Waals surface area contributed by atoms with Crippen molar-refractivity contribution in [1.82, 2.24) is 0 Å². The van der Waals surface area contributed by atoms with Crippen molar-refractivity contribution >= 4 is 5.97 Å². The van der Waals surface area contributed by atoms with Crippen molar-refractivity contribution < 1.29 is 14.3 Å². The fourth-order valence-electron chi connectivity index (χ4n) is 4.13. The second kappa shape index (κ2) is 12.5. The molecule has 0 N–H and O–H groups in total. The Kier molecular flexibility index (Phi) is 11.6. The van der Waals surface area contributed by atoms with E-state index in [2.05, 4.69) is 68.8 Å². The maximum absolute atomic E-state index is 11.1. The Bertz CT molecular complexity index is 762. The van der Waals surface area contributed by atoms with E-state index in [4.69, 9.17) is 4.74 Å². The average Bonchev–Trinajstić information content (AvgIpc) is 2.91. The van der Waals surface area contributed by atoms with Gasteiger partial charge in [-0.2, -0.15) is 0 Å². The molecule has 168 valence electrons. The molecule has 2 aromatic rings. The van der Waals surface area contributed by atoms with Crippen LogP contribution in [0.3, 0.4) is 0 Å². The number of methoxy groups -OCH3 is 1. The molecule has 0 fully saturated rings. The molecule has 0 amide bonds. The Morgan fingerprint density at radius 1 is 0.833 bits per heavy atom. The lowest BCUT2D eigenvalue weighted by Gasteiger charge is -2.36. The number of benzene rings is 2. The van der Waals surface area contributed by atoms with Crippen LogP contribution in [-0.4, -0.2) is 20.2 Å². The molecule has 3 heteroatoms. The number of esters is 1. The van der Waals surface area contributed by atoms with Crippen molar-refractivity contribution in [2.45, 2.75) is 73.1 Å². The Morgan fingerprint density at radius 3 is 1.70 bits per heavy atom. The number of hydrogen-bond acceptors (Lipinski definition) is 3. The first-order valence-electron chi connectivity index (χ1n) is 11.0. The van der Waals surface area contributed by atoms with Crippen molar-refractivity contribution in [1.29, 1.82) is 0 Å². The minimum atomic E-state index is -0.287. The van der Waals surface area contributed by atoms with Crippen LogP contribution in [-0.2, 0) is 20.4 Å². The summed E-state index contributed by atoms with van der Waals surface area (Å²) < 4.78 is 9.41. The van der Waals surface area contributed by atoms with Gasteiger partial charge in [-0.1, -0.05) is 91.8 Å². The summed E-state index contributed by atoms with van der Waals surface area (Å²) in [5, 5.41) is 0. The highest BCUT2D eigenvalue weighted by Gasteiger charge is 2.51. The zero-order valence-electron chi connectivity index (χ0n) is 20.9. The van der Waals surface area contributed by atoms with Gasteiger partial charge in [0.15, 0.2) is 0 Å². The van der Waals surface area contributed by atoms with Crippen LogP contribution >= 0.6 is 0 Å². The van der Waals surface area contributed by atoms with Crippen LogP contribution in [0.2, 0.25) is 0 Å². The molecule has 0 saturated carbocycles. The predicted molar refractivity (Wildman–Crippen MR) is 128 cm³/mol. The van der Waals surface area contributed by atoms with E-state index in [0.29, 0.717) is 11.7 Å². The standard InChI is InChI=1S/C21H24O2.C2H6O.2C2H6/c1-14-20(3,4)18-8-6-7-9-19(18)21(14,5)16-10-12-17(13-11-16)23-15(2)22;1-3-2;2*1-2/h6-14H,1-5H3;1-2H3;2*1-2H3. The van der Waals surface area contributed by atoms with E-state index in [-0.39, 0.29) is 16.8 Å². The lowest BCUT2D eigenvalue weighted by molar-refractivity contribution is -0.131. The molecule has 0 saturated heterocycles. The van der Waals surface area contributed by atoms with E-state index in [0.717, 1.165) is 0 Å². The van der Waals surface area contributed by atoms with E-state index >= 15 is 0 Å². The summed E-state index contributed by atoms with van der Waals surface area (Å²) in [5.74, 6) is 0.777. The third-order valence-corrected chi connectivity index (χ3v) is 5.84. The fraction of sp³-hybridized carbons (Fsp3) is 0.519. The van der Waals surface area contributed by atoms with Gasteiger partial charge in [-0.05, 0) is 40.2 Å². The molecule has 0 bridgehead atoms. The molecule has 0 heterocycles. The zero-order valence-corrected chi connectivity index (χ0v) is 20.9. The molecule has 1 aliphatic carbocycles. The molecule has 0 radical (unpaired) electrons. The number of carbonyl (C=O) groups is 1. The quantitative estimate of drug-likeness (QED) is 0.386. The predicted octanol–water partition coefficient (Wildman–Crippen LogP) is 7.16. The highest BCUT2D eigenvalue weighted by molar-refractivity contribution is 5.69. The number of hydrogen-bond donors (Lipinski definition) is 0. The highest BCUT2D eigenvalue weighted by atomic mass is 16.5. The molecule has 2 unspecified atom stereocenters. The lowest BCUT2D eigenvalue weighted by atomic mass is 9.67. The summed E-state index contributed by atoms with van der Waals surface area (Å²) in [5.41, 5.74) is 4.17. The van der Waals surface area contributed by atoms with Crippen molar-refractivity contribution in [3.05, 3.63) is 65.2 Å². The van der Waals surface area contributed by atoms with Crippen LogP contribution < -0.4 is 4.74 Å². The van der Waals surface area contributed by atoms with Gasteiger partial charge in [-0.25, -0.2) is 0 Å². The van der Waals surface area contributed by atoms with E-state index in [1.165, 1.54) is 23.6 Å². The minimum absolute atomic E-state index is 0.0468. The molecular weight excluding hydrogens is 372 g/mol. The Morgan fingerprint density at radius 2 is 1.27 bits per heavy atom. The number of rotatable bonds is 2. The summed E-state index contributed by atoms with van der Waals surface area (Å²) in [6.07, 6.45) is 0. The van der Waals surface area contributed by atoms with Gasteiger partial charge < -0.3 is 9.47 Å². The van der Waals surface area contributed by atoms with Crippen molar-refractivity contribution in [3.8, 4) is 5.75 Å². The first-order chi connectivity index (χ1) is 14.2. The topological polar surface area (TPSA) is 35.5 Å². The molecule has 0 aliphatic heterocycles. The van der Waals surface area contributed by atoms with Crippen LogP contribution in [0.15, 0.2) is 48.5 Å². The van der Waals surface area contributed by atoms with Crippen LogP contribution in [0.5, 0.6) is 5.75 Å². The first-order valence-corrected chi connectivity index (χ1v) is 11.0. The van der Waals surface area contributed by atoms with Gasteiger partial charge in [0.1, 0.15) is 5.75 Å². The summed E-state index contributed by atoms with van der Waals surface area (Å²) in [7, 11) is 3.25. The average molecular weight is 415 g/mol. The molecule has 1 aliphatic rings. The lowest BCUT2D eigenvalue weighted by Crippen LogP contribution is -2.34. The summed E-state index contributed by atoms with van der Waals surface area (Å²) >= 11 is 0. The fourth-order valence-corrected chi connectivity index (χ4v) is 4.13. The number of fused-ring (bicyclic) bond motifs is 1. The maximum atomic E-state index is 11.1. The summed E-state index contributed by atoms with van der Waals surface area (Å²) in [6, 6.07) is 16.7. The van der Waals surface area contributed by atoms with Gasteiger partial charge in [0.2, 0.25) is 0 Å². The van der Waals surface area contributed by atoms with Gasteiger partial charge >= 0.3 is 5.97 Å². The van der Waals surface area contributed by atoms with Gasteiger partial charge in [0.25, 0.3) is 0 Å². The van der Waals surface area contributed by atoms with Gasteiger partial charge in [-0.3, -0.25) is 4.79 Å². The second-order valence-corrected chi connectivity index (χ2v) is 7.72. The third kappa shape index (κ3) is 5.72. The van der Waals surface area contributed by atoms with E-state index < -0.39 is 0 Å². The van der Waals surface area contributed by atoms with Crippen LogP contribution in [0.25, 0.3) is 0 Å². The van der Waals surface area contributed by atoms with Crippen LogP contribution in [0.1, 0.15) is 79.0 Å². The van der Waals surface area contributed by atoms with Gasteiger partial charge in [-0.15, -0.1) is 0 Å². The minimum Gasteiger partial charge on any atom is -0.427 e. The molecule has 3 nitrogen and oxygen atoms in total. The molecule has 0 spiro atoms. The molecule has 30 heavy (non-hydrogen) atoms. The van der Waals surface area contributed by atoms with Crippen LogP contribution in [0.4, 0.5) is 0 Å². The van der Waals surface area contributed by atoms with E-state index in [1.807, 2.05) is 39.8 Å². The monoisotopic (exact) mass is 414 g/mol. The van der Waals surface area contributed by atoms with Gasteiger partial charge in [0, 0.05) is 26.6 Å². The number of carbonyl (C=O) groups excluding carboxylic acids is 1. The molecule has 2 aromatic carbocycles. The van der Waals surface area contributed by atoms with E-state index in [9.17, 15) is 4.79 Å². The smallest absolute Gasteiger partial charge is 0.308 e. The second-order valence-electron chi connectivity index (χ2n) is 7.72. The highest BCUT2D eigenvalue weighted by Crippen LogP contribution is 2.56. The first kappa shape index (κ1) is 27.9. The zero-order chi connectivity index (χ0) is 23.5. The van der Waals surface area contributed by atoms with E-state index in [1.54, 1.807) is 14.2 Å². The van der Waals surface area contributed by atoms with Gasteiger partial charge in [0.05, 0.1) is 0 Å². The Labute approximate surface area is 184 Å². The van der Waals surface area contributed by atoms with Crippen molar-refractivity contribution in [2.24, 2.45) is 5.92 Å². The van der Waals surface area contributed by atoms with Crippen molar-refractivity contribution in [2.75, 3.05) is 14.2 Å². The summed E-state index contributed by atoms with van der Waals surface area (Å²) in [4.78, 5) is 11.1. The SMILES string of the molecule is CC.CC.CC(=O)Oc1ccc(C2(C)c3ccccc3C(C)(C)C2C)cc1.COC. The molecular formula is C27H42O3. The third-order valence-electron chi connectivity index (χ3n) is 5.84. The van der Waals surface area contributed by atoms with Crippen LogP contribution in [0, 0.1) is 5.92 Å². The largest absolute Gasteiger partial charge is 0.427 e. The molecule has 3 rings (SSSR count).